The van der Waals surface area contributed by atoms with Crippen molar-refractivity contribution in [2.75, 3.05) is 5.32 Å². The summed E-state index contributed by atoms with van der Waals surface area (Å²) in [5.74, 6) is 0.0308. The van der Waals surface area contributed by atoms with Crippen molar-refractivity contribution in [2.45, 2.75) is 6.92 Å². The molecule has 2 N–H and O–H groups in total. The number of amides is 1. The highest BCUT2D eigenvalue weighted by molar-refractivity contribution is 14.1. The summed E-state index contributed by atoms with van der Waals surface area (Å²) in [7, 11) is 0. The van der Waals surface area contributed by atoms with Crippen LogP contribution < -0.4 is 5.32 Å². The average molecular weight is 415 g/mol. The number of phenols is 1. The first-order chi connectivity index (χ1) is 9.95. The fourth-order valence-electron chi connectivity index (χ4n) is 1.66. The van der Waals surface area contributed by atoms with Crippen LogP contribution in [-0.2, 0) is 4.79 Å². The summed E-state index contributed by atoms with van der Waals surface area (Å²) in [6, 6.07) is 10.4. The van der Waals surface area contributed by atoms with E-state index in [-0.39, 0.29) is 11.7 Å². The van der Waals surface area contributed by atoms with E-state index in [0.717, 1.165) is 0 Å². The Hall–Kier alpha value is -1.60. The molecule has 1 amide bonds. The second-order valence-electron chi connectivity index (χ2n) is 4.31. The van der Waals surface area contributed by atoms with Crippen molar-refractivity contribution in [1.29, 1.82) is 0 Å². The summed E-state index contributed by atoms with van der Waals surface area (Å²) < 4.78 is 0.669. The second kappa shape index (κ2) is 6.91. The van der Waals surface area contributed by atoms with Crippen LogP contribution in [0.1, 0.15) is 12.5 Å². The van der Waals surface area contributed by atoms with Crippen molar-refractivity contribution >= 4 is 57.7 Å². The minimum absolute atomic E-state index is 0.121. The van der Waals surface area contributed by atoms with Crippen molar-refractivity contribution in [1.82, 2.24) is 0 Å². The number of benzene rings is 2. The average Bonchev–Trinajstić information content (AvgIpc) is 2.42. The summed E-state index contributed by atoms with van der Waals surface area (Å²) in [6.07, 6.45) is 1.55. The molecular weight excluding hydrogens is 403 g/mol. The summed E-state index contributed by atoms with van der Waals surface area (Å²) in [5, 5.41) is 13.2. The molecule has 2 aromatic rings. The van der Waals surface area contributed by atoms with Gasteiger partial charge in [-0.2, -0.15) is 0 Å². The fraction of sp³-hybridized carbons (Fsp3) is 0.0667. The zero-order valence-electron chi connectivity index (χ0n) is 11.1. The van der Waals surface area contributed by atoms with Crippen LogP contribution in [0.25, 0.3) is 0 Å². The summed E-state index contributed by atoms with van der Waals surface area (Å²) in [4.78, 5) is 15.2. The Bertz CT molecular complexity index is 700. The van der Waals surface area contributed by atoms with Gasteiger partial charge >= 0.3 is 0 Å². The number of aliphatic imine (C=N–C) groups is 1. The van der Waals surface area contributed by atoms with E-state index in [1.807, 2.05) is 22.6 Å². The predicted molar refractivity (Wildman–Crippen MR) is 93.8 cm³/mol. The number of carbonyl (C=O) groups excluding carboxylic acids is 1. The van der Waals surface area contributed by atoms with Crippen molar-refractivity contribution < 1.29 is 9.90 Å². The number of aromatic hydroxyl groups is 1. The molecule has 0 unspecified atom stereocenters. The third-order valence-corrected chi connectivity index (χ3v) is 3.64. The van der Waals surface area contributed by atoms with E-state index in [4.69, 9.17) is 11.6 Å². The third kappa shape index (κ3) is 4.44. The van der Waals surface area contributed by atoms with Crippen molar-refractivity contribution in [3.63, 3.8) is 0 Å². The lowest BCUT2D eigenvalue weighted by Gasteiger charge is -2.03. The third-order valence-electron chi connectivity index (χ3n) is 2.60. The van der Waals surface area contributed by atoms with Gasteiger partial charge in [0.1, 0.15) is 5.75 Å². The van der Waals surface area contributed by atoms with E-state index in [0.29, 0.717) is 25.5 Å². The van der Waals surface area contributed by atoms with Gasteiger partial charge in [-0.15, -0.1) is 0 Å². The van der Waals surface area contributed by atoms with Gasteiger partial charge in [-0.25, -0.2) is 0 Å². The van der Waals surface area contributed by atoms with E-state index in [1.165, 1.54) is 6.92 Å². The van der Waals surface area contributed by atoms with Crippen molar-refractivity contribution in [3.8, 4) is 5.75 Å². The molecular formula is C15H12ClIN2O2. The largest absolute Gasteiger partial charge is 0.506 e. The Morgan fingerprint density at radius 2 is 2.00 bits per heavy atom. The predicted octanol–water partition coefficient (Wildman–Crippen LogP) is 4.36. The SMILES string of the molecule is CC(=O)Nc1ccc(N=Cc2cc(Cl)cc(I)c2O)cc1. The lowest BCUT2D eigenvalue weighted by Crippen LogP contribution is -2.04. The van der Waals surface area contributed by atoms with Gasteiger partial charge in [0, 0.05) is 29.4 Å². The zero-order chi connectivity index (χ0) is 15.4. The molecule has 21 heavy (non-hydrogen) atoms. The van der Waals surface area contributed by atoms with Crippen LogP contribution in [0.3, 0.4) is 0 Å². The van der Waals surface area contributed by atoms with Gasteiger partial charge in [0.15, 0.2) is 0 Å². The first-order valence-electron chi connectivity index (χ1n) is 6.05. The first kappa shape index (κ1) is 15.8. The Morgan fingerprint density at radius 3 is 2.62 bits per heavy atom. The molecule has 2 rings (SSSR count). The minimum Gasteiger partial charge on any atom is -0.506 e. The number of nitrogens with one attached hydrogen (secondary N) is 1. The monoisotopic (exact) mass is 414 g/mol. The molecule has 6 heteroatoms. The van der Waals surface area contributed by atoms with E-state index in [9.17, 15) is 9.90 Å². The Morgan fingerprint density at radius 1 is 1.33 bits per heavy atom. The summed E-state index contributed by atoms with van der Waals surface area (Å²) >= 11 is 7.96. The molecule has 108 valence electrons. The molecule has 0 spiro atoms. The highest BCUT2D eigenvalue weighted by Gasteiger charge is 2.05. The number of hydrogen-bond acceptors (Lipinski definition) is 3. The molecule has 0 aliphatic heterocycles. The van der Waals surface area contributed by atoms with Crippen molar-refractivity contribution in [2.24, 2.45) is 4.99 Å². The highest BCUT2D eigenvalue weighted by Crippen LogP contribution is 2.27. The number of hydrogen-bond donors (Lipinski definition) is 2. The molecule has 0 aliphatic carbocycles. The summed E-state index contributed by atoms with van der Waals surface area (Å²) in [6.45, 7) is 1.45. The van der Waals surface area contributed by atoms with Crippen LogP contribution in [0.15, 0.2) is 41.4 Å². The number of carbonyl (C=O) groups is 1. The molecule has 0 saturated carbocycles. The van der Waals surface area contributed by atoms with Crippen LogP contribution in [-0.4, -0.2) is 17.2 Å². The van der Waals surface area contributed by atoms with E-state index < -0.39 is 0 Å². The molecule has 0 heterocycles. The topological polar surface area (TPSA) is 61.7 Å². The van der Waals surface area contributed by atoms with Gasteiger partial charge in [0.2, 0.25) is 5.91 Å². The lowest BCUT2D eigenvalue weighted by molar-refractivity contribution is -0.114. The first-order valence-corrected chi connectivity index (χ1v) is 7.51. The second-order valence-corrected chi connectivity index (χ2v) is 5.91. The normalized spacial score (nSPS) is 10.8. The molecule has 0 atom stereocenters. The number of rotatable bonds is 3. The molecule has 0 saturated heterocycles. The number of phenolic OH excluding ortho intramolecular Hbond substituents is 1. The maximum Gasteiger partial charge on any atom is 0.221 e. The Balaban J connectivity index is 2.20. The van der Waals surface area contributed by atoms with E-state index in [1.54, 1.807) is 42.6 Å². The minimum atomic E-state index is -0.121. The van der Waals surface area contributed by atoms with Gasteiger partial charge in [0.25, 0.3) is 0 Å². The standard InChI is InChI=1S/C15H12ClIN2O2/c1-9(20)19-13-4-2-12(3-5-13)18-8-10-6-11(16)7-14(17)15(10)21/h2-8,21H,1H3,(H,19,20). The fourth-order valence-corrected chi connectivity index (χ4v) is 2.72. The molecule has 0 fully saturated rings. The lowest BCUT2D eigenvalue weighted by atomic mass is 10.2. The molecule has 0 aromatic heterocycles. The smallest absolute Gasteiger partial charge is 0.221 e. The number of anilines is 1. The van der Waals surface area contributed by atoms with Crippen LogP contribution in [0, 0.1) is 3.57 Å². The maximum atomic E-state index is 10.9. The van der Waals surface area contributed by atoms with E-state index >= 15 is 0 Å². The van der Waals surface area contributed by atoms with Crippen LogP contribution in [0.2, 0.25) is 5.02 Å². The van der Waals surface area contributed by atoms with Gasteiger partial charge in [-0.05, 0) is 59.0 Å². The number of nitrogens with zero attached hydrogens (tertiary/aromatic N) is 1. The van der Waals surface area contributed by atoms with Crippen LogP contribution >= 0.6 is 34.2 Å². The Kier molecular flexibility index (Phi) is 5.19. The molecule has 0 bridgehead atoms. The molecule has 0 aliphatic rings. The molecule has 2 aromatic carbocycles. The quantitative estimate of drug-likeness (QED) is 0.579. The van der Waals surface area contributed by atoms with E-state index in [2.05, 4.69) is 10.3 Å². The maximum absolute atomic E-state index is 10.9. The molecule has 4 nitrogen and oxygen atoms in total. The van der Waals surface area contributed by atoms with Crippen LogP contribution in [0.5, 0.6) is 5.75 Å². The molecule has 0 radical (unpaired) electrons. The highest BCUT2D eigenvalue weighted by atomic mass is 127. The van der Waals surface area contributed by atoms with Gasteiger partial charge in [-0.3, -0.25) is 9.79 Å². The van der Waals surface area contributed by atoms with Gasteiger partial charge in [0.05, 0.1) is 9.26 Å². The Labute approximate surface area is 141 Å². The van der Waals surface area contributed by atoms with Crippen LogP contribution in [0.4, 0.5) is 11.4 Å². The zero-order valence-corrected chi connectivity index (χ0v) is 14.0. The summed E-state index contributed by atoms with van der Waals surface area (Å²) in [5.41, 5.74) is 1.97. The number of halogens is 2. The van der Waals surface area contributed by atoms with Crippen molar-refractivity contribution in [3.05, 3.63) is 50.6 Å². The van der Waals surface area contributed by atoms with Gasteiger partial charge in [-0.1, -0.05) is 11.6 Å². The van der Waals surface area contributed by atoms with Gasteiger partial charge < -0.3 is 10.4 Å².